The maximum absolute atomic E-state index is 13.7. The number of nitrogens with zero attached hydrogens (tertiary/aromatic N) is 1. The van der Waals surface area contributed by atoms with Crippen molar-refractivity contribution in [2.24, 2.45) is 5.73 Å². The van der Waals surface area contributed by atoms with Crippen LogP contribution in [0.3, 0.4) is 0 Å². The number of nitrogens with two attached hydrogens (primary N) is 1. The van der Waals surface area contributed by atoms with Gasteiger partial charge in [-0.25, -0.2) is 4.39 Å². The molecular formula is C17H24Cl3FN2O2. The fraction of sp³-hybridized carbons (Fsp3) is 0.588. The van der Waals surface area contributed by atoms with Crippen LogP contribution in [-0.4, -0.2) is 37.0 Å². The molecule has 0 radical (unpaired) electrons. The van der Waals surface area contributed by atoms with Crippen LogP contribution in [0.4, 0.5) is 4.39 Å². The Bertz CT molecular complexity index is 575. The minimum Gasteiger partial charge on any atom is -0.370 e. The summed E-state index contributed by atoms with van der Waals surface area (Å²) >= 11 is 11.9. The Morgan fingerprint density at radius 3 is 2.68 bits per heavy atom. The Hall–Kier alpha value is -0.590. The molecule has 1 heterocycles. The van der Waals surface area contributed by atoms with E-state index in [0.29, 0.717) is 43.2 Å². The summed E-state index contributed by atoms with van der Waals surface area (Å²) in [4.78, 5) is 14.1. The van der Waals surface area contributed by atoms with E-state index in [0.717, 1.165) is 25.7 Å². The van der Waals surface area contributed by atoms with Crippen LogP contribution in [0.15, 0.2) is 12.1 Å². The number of rotatable bonds is 7. The van der Waals surface area contributed by atoms with Crippen molar-refractivity contribution in [1.29, 1.82) is 0 Å². The molecule has 1 atom stereocenters. The first-order chi connectivity index (χ1) is 11.5. The molecule has 0 aliphatic carbocycles. The zero-order valence-corrected chi connectivity index (χ0v) is 16.3. The van der Waals surface area contributed by atoms with Crippen LogP contribution >= 0.6 is 35.6 Å². The number of amides is 1. The summed E-state index contributed by atoms with van der Waals surface area (Å²) in [7, 11) is 0. The van der Waals surface area contributed by atoms with Gasteiger partial charge in [-0.15, -0.1) is 12.4 Å². The number of hydrogen-bond acceptors (Lipinski definition) is 3. The average molecular weight is 414 g/mol. The normalized spacial score (nSPS) is 17.3. The third-order valence-electron chi connectivity index (χ3n) is 4.15. The largest absolute Gasteiger partial charge is 0.370 e. The lowest BCUT2D eigenvalue weighted by molar-refractivity contribution is -0.139. The molecule has 0 aromatic heterocycles. The minimum absolute atomic E-state index is 0. The van der Waals surface area contributed by atoms with Gasteiger partial charge in [0.05, 0.1) is 18.2 Å². The molecule has 2 rings (SSSR count). The smallest absolute Gasteiger partial charge is 0.222 e. The summed E-state index contributed by atoms with van der Waals surface area (Å²) in [6, 6.07) is 2.66. The van der Waals surface area contributed by atoms with Crippen LogP contribution in [0.1, 0.15) is 43.8 Å². The fourth-order valence-corrected chi connectivity index (χ4v) is 3.29. The van der Waals surface area contributed by atoms with Crippen molar-refractivity contribution in [3.05, 3.63) is 33.6 Å². The molecule has 1 fully saturated rings. The summed E-state index contributed by atoms with van der Waals surface area (Å²) in [6.45, 7) is 2.02. The highest BCUT2D eigenvalue weighted by Crippen LogP contribution is 2.32. The van der Waals surface area contributed by atoms with Crippen LogP contribution in [-0.2, 0) is 9.53 Å². The lowest BCUT2D eigenvalue weighted by Gasteiger charge is -2.33. The zero-order chi connectivity index (χ0) is 17.5. The molecule has 1 aliphatic rings. The summed E-state index contributed by atoms with van der Waals surface area (Å²) in [5.74, 6) is -0.440. The van der Waals surface area contributed by atoms with E-state index >= 15 is 0 Å². The number of halogens is 4. The Balaban J connectivity index is 0.00000312. The predicted octanol–water partition coefficient (Wildman–Crippen LogP) is 4.36. The number of ether oxygens (including phenoxy) is 1. The highest BCUT2D eigenvalue weighted by molar-refractivity contribution is 6.35. The molecule has 142 valence electrons. The molecule has 0 saturated carbocycles. The quantitative estimate of drug-likeness (QED) is 0.533. The first-order valence-corrected chi connectivity index (χ1v) is 9.02. The summed E-state index contributed by atoms with van der Waals surface area (Å²) < 4.78 is 19.4. The van der Waals surface area contributed by atoms with Gasteiger partial charge in [0, 0.05) is 23.6 Å². The topological polar surface area (TPSA) is 55.6 Å². The number of unbranched alkanes of at least 4 members (excludes halogenated alkanes) is 3. The van der Waals surface area contributed by atoms with Crippen LogP contribution in [0.5, 0.6) is 0 Å². The molecule has 0 bridgehead atoms. The molecule has 1 amide bonds. The number of morpholine rings is 1. The maximum atomic E-state index is 13.7. The second kappa shape index (κ2) is 11.2. The molecule has 1 unspecified atom stereocenters. The van der Waals surface area contributed by atoms with Gasteiger partial charge in [0.15, 0.2) is 0 Å². The second-order valence-electron chi connectivity index (χ2n) is 5.94. The first kappa shape index (κ1) is 22.5. The van der Waals surface area contributed by atoms with E-state index in [2.05, 4.69) is 0 Å². The lowest BCUT2D eigenvalue weighted by atomic mass is 10.1. The van der Waals surface area contributed by atoms with Gasteiger partial charge in [0.25, 0.3) is 0 Å². The number of benzene rings is 1. The molecule has 1 saturated heterocycles. The van der Waals surface area contributed by atoms with Gasteiger partial charge < -0.3 is 15.4 Å². The number of carbonyl (C=O) groups is 1. The standard InChI is InChI=1S/C17H23Cl2FN2O2.ClH/c18-13-10-14(19)15(20)9-12(13)16-11-22(7-8-24-16)17(23)5-3-1-2-4-6-21;/h9-10,16H,1-8,11,21H2;1H. The minimum atomic E-state index is -0.539. The van der Waals surface area contributed by atoms with Gasteiger partial charge in [-0.1, -0.05) is 36.0 Å². The van der Waals surface area contributed by atoms with Crippen molar-refractivity contribution >= 4 is 41.5 Å². The molecule has 2 N–H and O–H groups in total. The summed E-state index contributed by atoms with van der Waals surface area (Å²) in [5, 5.41) is 0.326. The van der Waals surface area contributed by atoms with E-state index in [1.165, 1.54) is 12.1 Å². The molecule has 0 spiro atoms. The van der Waals surface area contributed by atoms with E-state index in [4.69, 9.17) is 33.7 Å². The van der Waals surface area contributed by atoms with Crippen molar-refractivity contribution in [1.82, 2.24) is 4.90 Å². The summed E-state index contributed by atoms with van der Waals surface area (Å²) in [5.41, 5.74) is 5.98. The van der Waals surface area contributed by atoms with Gasteiger partial charge in [-0.3, -0.25) is 4.79 Å². The van der Waals surface area contributed by atoms with E-state index in [9.17, 15) is 9.18 Å². The monoisotopic (exact) mass is 412 g/mol. The van der Waals surface area contributed by atoms with Gasteiger partial charge >= 0.3 is 0 Å². The van der Waals surface area contributed by atoms with Crippen LogP contribution in [0, 0.1) is 5.82 Å². The van der Waals surface area contributed by atoms with Crippen LogP contribution in [0.2, 0.25) is 10.0 Å². The van der Waals surface area contributed by atoms with E-state index in [1.807, 2.05) is 0 Å². The van der Waals surface area contributed by atoms with Crippen LogP contribution < -0.4 is 5.73 Å². The molecule has 1 aromatic carbocycles. The third-order valence-corrected chi connectivity index (χ3v) is 4.77. The molecule has 1 aromatic rings. The Morgan fingerprint density at radius 1 is 1.24 bits per heavy atom. The molecule has 8 heteroatoms. The zero-order valence-electron chi connectivity index (χ0n) is 14.0. The Kier molecular flexibility index (Phi) is 10.1. The summed E-state index contributed by atoms with van der Waals surface area (Å²) in [6.07, 6.45) is 3.99. The average Bonchev–Trinajstić information content (AvgIpc) is 2.58. The van der Waals surface area contributed by atoms with Gasteiger partial charge in [0.2, 0.25) is 5.91 Å². The number of hydrogen-bond donors (Lipinski definition) is 1. The highest BCUT2D eigenvalue weighted by atomic mass is 35.5. The number of carbonyl (C=O) groups excluding carboxylic acids is 1. The van der Waals surface area contributed by atoms with Gasteiger partial charge in [-0.05, 0) is 31.5 Å². The third kappa shape index (κ3) is 6.57. The van der Waals surface area contributed by atoms with Gasteiger partial charge in [-0.2, -0.15) is 0 Å². The molecule has 25 heavy (non-hydrogen) atoms. The predicted molar refractivity (Wildman–Crippen MR) is 101 cm³/mol. The second-order valence-corrected chi connectivity index (χ2v) is 6.75. The lowest BCUT2D eigenvalue weighted by Crippen LogP contribution is -2.42. The molecule has 4 nitrogen and oxygen atoms in total. The first-order valence-electron chi connectivity index (χ1n) is 8.26. The van der Waals surface area contributed by atoms with Crippen molar-refractivity contribution in [3.63, 3.8) is 0 Å². The van der Waals surface area contributed by atoms with Crippen molar-refractivity contribution in [2.75, 3.05) is 26.2 Å². The SMILES string of the molecule is Cl.NCCCCCCC(=O)N1CCOC(c2cc(F)c(Cl)cc2Cl)C1. The van der Waals surface area contributed by atoms with Crippen molar-refractivity contribution in [2.45, 2.75) is 38.2 Å². The maximum Gasteiger partial charge on any atom is 0.222 e. The fourth-order valence-electron chi connectivity index (χ4n) is 2.78. The van der Waals surface area contributed by atoms with Crippen LogP contribution in [0.25, 0.3) is 0 Å². The Labute approximate surface area is 164 Å². The molecule has 1 aliphatic heterocycles. The molecular weight excluding hydrogens is 390 g/mol. The van der Waals surface area contributed by atoms with E-state index < -0.39 is 11.9 Å². The van der Waals surface area contributed by atoms with E-state index in [1.54, 1.807) is 4.90 Å². The highest BCUT2D eigenvalue weighted by Gasteiger charge is 2.27. The van der Waals surface area contributed by atoms with Crippen molar-refractivity contribution < 1.29 is 13.9 Å². The Morgan fingerprint density at radius 2 is 1.96 bits per heavy atom. The van der Waals surface area contributed by atoms with E-state index in [-0.39, 0.29) is 23.3 Å². The van der Waals surface area contributed by atoms with Crippen molar-refractivity contribution in [3.8, 4) is 0 Å². The van der Waals surface area contributed by atoms with Gasteiger partial charge in [0.1, 0.15) is 11.9 Å².